The van der Waals surface area contributed by atoms with Gasteiger partial charge in [0.2, 0.25) is 0 Å². The summed E-state index contributed by atoms with van der Waals surface area (Å²) in [6.07, 6.45) is 0. The van der Waals surface area contributed by atoms with Gasteiger partial charge in [-0.25, -0.2) is 15.0 Å². The fourth-order valence-corrected chi connectivity index (χ4v) is 5.08. The van der Waals surface area contributed by atoms with Crippen LogP contribution in [0, 0.1) is 0 Å². The Morgan fingerprint density at radius 1 is 0.415 bits per heavy atom. The standard InChI is InChI=1S/C33H25N5.2ClH.Fe/c1-3-12-24(13-4-1)22-37-30-20-9-7-16-26(30)35-32(37)28-18-11-19-29(34-28)33-36-27-17-8-10-21-31(27)38(33)23-25-14-5-2-6-15-25;;;/h1-21H,22-23H2;2*1H;/q;;;+2/p-2. The van der Waals surface area contributed by atoms with Crippen LogP contribution in [0.3, 0.4) is 0 Å². The number of fused-ring (bicyclic) bond motifs is 2. The second-order valence-corrected chi connectivity index (χ2v) is 9.40. The second-order valence-electron chi connectivity index (χ2n) is 9.40. The fourth-order valence-electron chi connectivity index (χ4n) is 5.08. The van der Waals surface area contributed by atoms with Gasteiger partial charge >= 0.3 is 17.1 Å². The van der Waals surface area contributed by atoms with E-state index in [1.165, 1.54) is 11.1 Å². The summed E-state index contributed by atoms with van der Waals surface area (Å²) >= 11 is 0. The van der Waals surface area contributed by atoms with E-state index in [9.17, 15) is 0 Å². The summed E-state index contributed by atoms with van der Waals surface area (Å²) in [5.74, 6) is 1.70. The van der Waals surface area contributed by atoms with E-state index in [0.29, 0.717) is 0 Å². The van der Waals surface area contributed by atoms with Gasteiger partial charge in [-0.2, -0.15) is 0 Å². The first kappa shape index (κ1) is 30.0. The summed E-state index contributed by atoms with van der Waals surface area (Å²) in [7, 11) is 0. The number of rotatable bonds is 6. The molecule has 0 spiro atoms. The van der Waals surface area contributed by atoms with Gasteiger partial charge in [-0.15, -0.1) is 0 Å². The third kappa shape index (κ3) is 5.92. The zero-order valence-corrected chi connectivity index (χ0v) is 24.5. The van der Waals surface area contributed by atoms with Crippen molar-refractivity contribution in [1.82, 2.24) is 24.1 Å². The molecule has 8 heteroatoms. The zero-order valence-electron chi connectivity index (χ0n) is 21.9. The summed E-state index contributed by atoms with van der Waals surface area (Å²) in [5, 5.41) is 0. The van der Waals surface area contributed by atoms with Crippen molar-refractivity contribution in [3.63, 3.8) is 0 Å². The molecule has 0 saturated carbocycles. The summed E-state index contributed by atoms with van der Waals surface area (Å²) < 4.78 is 4.51. The van der Waals surface area contributed by atoms with Crippen LogP contribution in [0.2, 0.25) is 0 Å². The predicted molar refractivity (Wildman–Crippen MR) is 153 cm³/mol. The van der Waals surface area contributed by atoms with Gasteiger partial charge < -0.3 is 33.9 Å². The van der Waals surface area contributed by atoms with Crippen LogP contribution in [0.5, 0.6) is 0 Å². The summed E-state index contributed by atoms with van der Waals surface area (Å²) in [6.45, 7) is 1.43. The molecule has 7 aromatic rings. The molecular weight excluding hydrogens is 593 g/mol. The maximum Gasteiger partial charge on any atom is 2.00 e. The molecule has 3 heterocycles. The zero-order chi connectivity index (χ0) is 25.3. The number of para-hydroxylation sites is 4. The topological polar surface area (TPSA) is 48.5 Å². The number of pyridine rings is 1. The van der Waals surface area contributed by atoms with Crippen molar-refractivity contribution in [3.8, 4) is 23.0 Å². The van der Waals surface area contributed by atoms with Crippen molar-refractivity contribution in [2.45, 2.75) is 13.1 Å². The quantitative estimate of drug-likeness (QED) is 0.264. The Morgan fingerprint density at radius 2 is 0.805 bits per heavy atom. The van der Waals surface area contributed by atoms with Gasteiger partial charge in [-0.1, -0.05) is 91.0 Å². The molecule has 0 amide bonds. The molecular formula is C33H25Cl2FeN5. The molecule has 0 unspecified atom stereocenters. The Balaban J connectivity index is 0.00000129. The van der Waals surface area contributed by atoms with Gasteiger partial charge in [0.1, 0.15) is 11.4 Å². The Bertz CT molecular complexity index is 1750. The molecule has 4 aromatic carbocycles. The molecule has 5 nitrogen and oxygen atoms in total. The fraction of sp³-hybridized carbons (Fsp3) is 0.0606. The first-order chi connectivity index (χ1) is 18.8. The minimum atomic E-state index is 0. The number of hydrogen-bond acceptors (Lipinski definition) is 3. The van der Waals surface area contributed by atoms with E-state index >= 15 is 0 Å². The van der Waals surface area contributed by atoms with Crippen LogP contribution in [0.25, 0.3) is 45.1 Å². The largest absolute Gasteiger partial charge is 2.00 e. The van der Waals surface area contributed by atoms with Gasteiger partial charge in [-0.05, 0) is 47.5 Å². The third-order valence-electron chi connectivity index (χ3n) is 6.88. The summed E-state index contributed by atoms with van der Waals surface area (Å²) in [4.78, 5) is 15.2. The van der Waals surface area contributed by atoms with E-state index in [1.54, 1.807) is 0 Å². The van der Waals surface area contributed by atoms with Crippen LogP contribution < -0.4 is 24.8 Å². The van der Waals surface area contributed by atoms with E-state index in [1.807, 2.05) is 36.4 Å². The van der Waals surface area contributed by atoms with Gasteiger partial charge in [-0.3, -0.25) is 0 Å². The number of nitrogens with zero attached hydrogens (tertiary/aromatic N) is 5. The van der Waals surface area contributed by atoms with Crippen molar-refractivity contribution in [2.24, 2.45) is 0 Å². The van der Waals surface area contributed by atoms with Crippen LogP contribution in [0.4, 0.5) is 0 Å². The van der Waals surface area contributed by atoms with E-state index in [2.05, 4.69) is 100 Å². The molecule has 0 aliphatic rings. The summed E-state index contributed by atoms with van der Waals surface area (Å²) in [6, 6.07) is 43.6. The SMILES string of the molecule is [Cl-].[Cl-].[Fe+2].c1ccc(Cn2c(-c3cccc(-c4nc5ccccc5n4Cc4ccccc4)n3)nc3ccccc32)cc1. The number of hydrogen-bond donors (Lipinski definition) is 0. The molecule has 0 aliphatic heterocycles. The molecule has 204 valence electrons. The Labute approximate surface area is 261 Å². The van der Waals surface area contributed by atoms with Crippen LogP contribution in [0.1, 0.15) is 11.1 Å². The molecule has 0 bridgehead atoms. The first-order valence-electron chi connectivity index (χ1n) is 12.8. The molecule has 0 fully saturated rings. The van der Waals surface area contributed by atoms with Crippen molar-refractivity contribution in [1.29, 1.82) is 0 Å². The Hall–Kier alpha value is -3.93. The maximum atomic E-state index is 5.14. The number of imidazole rings is 2. The second kappa shape index (κ2) is 13.2. The van der Waals surface area contributed by atoms with E-state index in [4.69, 9.17) is 15.0 Å². The molecule has 41 heavy (non-hydrogen) atoms. The smallest absolute Gasteiger partial charge is 1.00 e. The van der Waals surface area contributed by atoms with E-state index < -0.39 is 0 Å². The molecule has 0 radical (unpaired) electrons. The molecule has 7 rings (SSSR count). The van der Waals surface area contributed by atoms with E-state index in [-0.39, 0.29) is 41.9 Å². The molecule has 3 aromatic heterocycles. The van der Waals surface area contributed by atoms with Gasteiger partial charge in [0.15, 0.2) is 11.6 Å². The summed E-state index contributed by atoms with van der Waals surface area (Å²) in [5.41, 5.74) is 8.20. The predicted octanol–water partition coefficient (Wildman–Crippen LogP) is 1.22. The molecule has 0 atom stereocenters. The van der Waals surface area contributed by atoms with Crippen LogP contribution in [0.15, 0.2) is 127 Å². The van der Waals surface area contributed by atoms with Gasteiger partial charge in [0, 0.05) is 13.1 Å². The Morgan fingerprint density at radius 3 is 1.24 bits per heavy atom. The minimum Gasteiger partial charge on any atom is -1.00 e. The first-order valence-corrected chi connectivity index (χ1v) is 12.8. The molecule has 0 aliphatic carbocycles. The van der Waals surface area contributed by atoms with Crippen molar-refractivity contribution >= 4 is 22.1 Å². The van der Waals surface area contributed by atoms with Crippen LogP contribution in [-0.2, 0) is 30.2 Å². The number of halogens is 2. The van der Waals surface area contributed by atoms with Gasteiger partial charge in [0.05, 0.1) is 22.1 Å². The maximum absolute atomic E-state index is 5.14. The van der Waals surface area contributed by atoms with Crippen molar-refractivity contribution in [2.75, 3.05) is 0 Å². The molecule has 0 N–H and O–H groups in total. The monoisotopic (exact) mass is 617 g/mol. The van der Waals surface area contributed by atoms with Crippen LogP contribution >= 0.6 is 0 Å². The average molecular weight is 618 g/mol. The van der Waals surface area contributed by atoms with E-state index in [0.717, 1.165) is 58.2 Å². The average Bonchev–Trinajstić information content (AvgIpc) is 3.53. The minimum absolute atomic E-state index is 0. The van der Waals surface area contributed by atoms with Crippen molar-refractivity contribution < 1.29 is 41.9 Å². The van der Waals surface area contributed by atoms with Crippen LogP contribution in [-0.4, -0.2) is 24.1 Å². The Kier molecular flexibility index (Phi) is 9.64. The molecule has 0 saturated heterocycles. The van der Waals surface area contributed by atoms with Gasteiger partial charge in [0.25, 0.3) is 0 Å². The van der Waals surface area contributed by atoms with Crippen molar-refractivity contribution in [3.05, 3.63) is 139 Å². The normalized spacial score (nSPS) is 10.5. The number of aromatic nitrogens is 5. The third-order valence-corrected chi connectivity index (χ3v) is 6.88. The number of benzene rings is 4.